The smallest absolute Gasteiger partial charge is 0.131 e. The first-order valence-electron chi connectivity index (χ1n) is 11.3. The highest BCUT2D eigenvalue weighted by Crippen LogP contribution is 2.64. The molecule has 0 bridgehead atoms. The second kappa shape index (κ2) is 7.15. The van der Waals surface area contributed by atoms with E-state index in [0.29, 0.717) is 30.0 Å². The van der Waals surface area contributed by atoms with Crippen LogP contribution in [0.3, 0.4) is 0 Å². The molecule has 0 aliphatic heterocycles. The summed E-state index contributed by atoms with van der Waals surface area (Å²) in [6, 6.07) is 13.9. The van der Waals surface area contributed by atoms with Crippen LogP contribution >= 0.6 is 0 Å². The van der Waals surface area contributed by atoms with Gasteiger partial charge in [-0.3, -0.25) is 0 Å². The molecule has 0 saturated heterocycles. The van der Waals surface area contributed by atoms with Crippen molar-refractivity contribution in [3.05, 3.63) is 64.7 Å². The van der Waals surface area contributed by atoms with Crippen molar-refractivity contribution >= 4 is 0 Å². The Morgan fingerprint density at radius 1 is 1.10 bits per heavy atom. The largest absolute Gasteiger partial charge is 0.508 e. The lowest BCUT2D eigenvalue weighted by molar-refractivity contribution is -0.0647. The summed E-state index contributed by atoms with van der Waals surface area (Å²) in [5, 5.41) is 21.6. The zero-order valence-electron chi connectivity index (χ0n) is 17.7. The summed E-state index contributed by atoms with van der Waals surface area (Å²) in [6.07, 6.45) is 6.04. The zero-order valence-corrected chi connectivity index (χ0v) is 17.7. The van der Waals surface area contributed by atoms with Crippen molar-refractivity contribution in [1.29, 1.82) is 0 Å². The summed E-state index contributed by atoms with van der Waals surface area (Å²) >= 11 is 0. The molecule has 2 saturated carbocycles. The number of aryl methyl sites for hydroxylation is 1. The van der Waals surface area contributed by atoms with E-state index in [2.05, 4.69) is 24.8 Å². The van der Waals surface area contributed by atoms with Gasteiger partial charge >= 0.3 is 0 Å². The molecule has 0 heterocycles. The van der Waals surface area contributed by atoms with Gasteiger partial charge in [0.15, 0.2) is 0 Å². The highest BCUT2D eigenvalue weighted by Gasteiger charge is 2.61. The van der Waals surface area contributed by atoms with Crippen LogP contribution in [0, 0.1) is 29.1 Å². The first kappa shape index (κ1) is 19.7. The third-order valence-corrected chi connectivity index (χ3v) is 8.44. The predicted octanol–water partition coefficient (Wildman–Crippen LogP) is 4.49. The van der Waals surface area contributed by atoms with Gasteiger partial charge in [0.25, 0.3) is 0 Å². The van der Waals surface area contributed by atoms with E-state index in [4.69, 9.17) is 5.73 Å². The maximum atomic E-state index is 11.7. The molecule has 0 radical (unpaired) electrons. The summed E-state index contributed by atoms with van der Waals surface area (Å²) < 4.78 is 0. The second-order valence-corrected chi connectivity index (χ2v) is 9.81. The average molecular weight is 402 g/mol. The van der Waals surface area contributed by atoms with Crippen LogP contribution in [0.2, 0.25) is 0 Å². The van der Waals surface area contributed by atoms with Crippen molar-refractivity contribution < 1.29 is 10.2 Å². The molecule has 3 nitrogen and oxygen atoms in total. The number of rotatable bonds is 1. The third-order valence-electron chi connectivity index (χ3n) is 8.44. The summed E-state index contributed by atoms with van der Waals surface area (Å²) in [6.45, 7) is 2.78. The Morgan fingerprint density at radius 3 is 2.80 bits per heavy atom. The van der Waals surface area contributed by atoms with Gasteiger partial charge in [-0.1, -0.05) is 37.0 Å². The fourth-order valence-corrected chi connectivity index (χ4v) is 6.74. The van der Waals surface area contributed by atoms with Gasteiger partial charge < -0.3 is 15.9 Å². The number of hydrogen-bond acceptors (Lipinski definition) is 3. The van der Waals surface area contributed by atoms with E-state index in [-0.39, 0.29) is 5.41 Å². The molecule has 0 spiro atoms. The van der Waals surface area contributed by atoms with Crippen molar-refractivity contribution in [2.45, 2.75) is 63.5 Å². The quantitative estimate of drug-likeness (QED) is 0.617. The second-order valence-electron chi connectivity index (χ2n) is 9.81. The minimum Gasteiger partial charge on any atom is -0.508 e. The molecule has 30 heavy (non-hydrogen) atoms. The predicted molar refractivity (Wildman–Crippen MR) is 119 cm³/mol. The third kappa shape index (κ3) is 2.97. The van der Waals surface area contributed by atoms with Gasteiger partial charge in [-0.25, -0.2) is 0 Å². The highest BCUT2D eigenvalue weighted by atomic mass is 16.3. The number of nitrogens with two attached hydrogens (primary N) is 1. The average Bonchev–Trinajstić information content (AvgIpc) is 3.03. The van der Waals surface area contributed by atoms with Gasteiger partial charge in [-0.2, -0.15) is 0 Å². The molecule has 3 heteroatoms. The molecule has 0 aromatic heterocycles. The van der Waals surface area contributed by atoms with Gasteiger partial charge in [-0.15, -0.1) is 0 Å². The molecule has 2 aromatic carbocycles. The molecule has 156 valence electrons. The Morgan fingerprint density at radius 2 is 1.97 bits per heavy atom. The first-order chi connectivity index (χ1) is 14.4. The van der Waals surface area contributed by atoms with Crippen LogP contribution in [-0.4, -0.2) is 15.8 Å². The number of fused-ring (bicyclic) bond motifs is 5. The van der Waals surface area contributed by atoms with Crippen LogP contribution in [0.5, 0.6) is 5.75 Å². The SMILES string of the molecule is C[C@]12CC[C@@H]3c4ccc(O)cc4CC[C@H]3[C@@H]1CC[C@@]2(O)C#Cc1cccc(CN)c1. The van der Waals surface area contributed by atoms with Gasteiger partial charge in [0.1, 0.15) is 11.4 Å². The molecule has 4 N–H and O–H groups in total. The van der Waals surface area contributed by atoms with E-state index in [1.807, 2.05) is 36.4 Å². The van der Waals surface area contributed by atoms with Crippen LogP contribution in [0.15, 0.2) is 42.5 Å². The maximum absolute atomic E-state index is 11.7. The summed E-state index contributed by atoms with van der Waals surface area (Å²) in [4.78, 5) is 0. The van der Waals surface area contributed by atoms with E-state index in [1.54, 1.807) is 0 Å². The summed E-state index contributed by atoms with van der Waals surface area (Å²) in [5.74, 6) is 8.60. The Hall–Kier alpha value is -2.28. The van der Waals surface area contributed by atoms with Crippen molar-refractivity contribution in [2.24, 2.45) is 23.0 Å². The lowest BCUT2D eigenvalue weighted by Gasteiger charge is -2.52. The van der Waals surface area contributed by atoms with E-state index in [1.165, 1.54) is 11.1 Å². The Bertz CT molecular complexity index is 1030. The number of hydrogen-bond donors (Lipinski definition) is 3. The van der Waals surface area contributed by atoms with Gasteiger partial charge in [0.2, 0.25) is 0 Å². The van der Waals surface area contributed by atoms with Gasteiger partial charge in [0.05, 0.1) is 0 Å². The Labute approximate surface area is 179 Å². The molecule has 5 rings (SSSR count). The maximum Gasteiger partial charge on any atom is 0.131 e. The van der Waals surface area contributed by atoms with Crippen molar-refractivity contribution in [2.75, 3.05) is 0 Å². The molecule has 0 amide bonds. The van der Waals surface area contributed by atoms with Gasteiger partial charge in [-0.05, 0) is 97.2 Å². The Kier molecular flexibility index (Phi) is 4.69. The minimum atomic E-state index is -0.934. The molecular weight excluding hydrogens is 370 g/mol. The molecule has 5 atom stereocenters. The normalized spacial score (nSPS) is 34.3. The lowest BCUT2D eigenvalue weighted by Crippen LogP contribution is -2.50. The van der Waals surface area contributed by atoms with Crippen molar-refractivity contribution in [1.82, 2.24) is 0 Å². The topological polar surface area (TPSA) is 66.5 Å². The molecular formula is C27H31NO2. The molecule has 0 unspecified atom stereocenters. The highest BCUT2D eigenvalue weighted by molar-refractivity contribution is 5.42. The zero-order chi connectivity index (χ0) is 20.9. The number of aromatic hydroxyl groups is 1. The fourth-order valence-electron chi connectivity index (χ4n) is 6.74. The minimum absolute atomic E-state index is 0.166. The Balaban J connectivity index is 1.44. The molecule has 2 aromatic rings. The van der Waals surface area contributed by atoms with Gasteiger partial charge in [0, 0.05) is 17.5 Å². The fraction of sp³-hybridized carbons (Fsp3) is 0.481. The van der Waals surface area contributed by atoms with Crippen LogP contribution in [0.25, 0.3) is 0 Å². The number of benzene rings is 2. The number of aliphatic hydroxyl groups is 1. The van der Waals surface area contributed by atoms with Crippen molar-refractivity contribution in [3.63, 3.8) is 0 Å². The van der Waals surface area contributed by atoms with E-state index in [9.17, 15) is 10.2 Å². The summed E-state index contributed by atoms with van der Waals surface area (Å²) in [7, 11) is 0. The first-order valence-corrected chi connectivity index (χ1v) is 11.3. The summed E-state index contributed by atoms with van der Waals surface area (Å²) in [5.41, 5.74) is 9.40. The molecule has 3 aliphatic carbocycles. The van der Waals surface area contributed by atoms with Crippen LogP contribution in [0.1, 0.15) is 67.2 Å². The molecule has 2 fully saturated rings. The van der Waals surface area contributed by atoms with E-state index in [0.717, 1.165) is 49.7 Å². The lowest BCUT2D eigenvalue weighted by atomic mass is 9.53. The number of phenols is 1. The number of phenolic OH excluding ortho intramolecular Hbond substituents is 1. The molecule has 3 aliphatic rings. The standard InChI is InChI=1S/C27H31NO2/c1-26-12-10-23-22-8-6-21(29)16-20(22)5-7-24(23)25(26)11-14-27(26,30)13-9-18-3-2-4-19(15-18)17-28/h2-4,6,8,15-16,23-25,29-30H,5,7,10-12,14,17,28H2,1H3/t23-,24-,25+,26+,27+/m1/s1. The van der Waals surface area contributed by atoms with Crippen molar-refractivity contribution in [3.8, 4) is 17.6 Å². The van der Waals surface area contributed by atoms with Crippen LogP contribution < -0.4 is 5.73 Å². The van der Waals surface area contributed by atoms with E-state index < -0.39 is 5.60 Å². The van der Waals surface area contributed by atoms with E-state index >= 15 is 0 Å². The monoisotopic (exact) mass is 401 g/mol. The van der Waals surface area contributed by atoms with Crippen LogP contribution in [-0.2, 0) is 13.0 Å². The van der Waals surface area contributed by atoms with Crippen LogP contribution in [0.4, 0.5) is 0 Å².